The lowest BCUT2D eigenvalue weighted by molar-refractivity contribution is 0.0938. The van der Waals surface area contributed by atoms with Crippen LogP contribution in [0.1, 0.15) is 21.5 Å². The molecule has 4 heteroatoms. The number of benzene rings is 2. The lowest BCUT2D eigenvalue weighted by Crippen LogP contribution is -2.27. The summed E-state index contributed by atoms with van der Waals surface area (Å²) in [4.78, 5) is 12.3. The average molecular weight is 298 g/mol. The van der Waals surface area contributed by atoms with E-state index in [1.807, 2.05) is 36.4 Å². The molecule has 2 aromatic carbocycles. The molecule has 0 fully saturated rings. The van der Waals surface area contributed by atoms with Gasteiger partial charge in [0.1, 0.15) is 0 Å². The van der Waals surface area contributed by atoms with E-state index in [2.05, 4.69) is 30.5 Å². The SMILES string of the molecule is COCCNC(=O)c1ccccc1Nc1cccc(C)c1C. The van der Waals surface area contributed by atoms with Gasteiger partial charge in [0.25, 0.3) is 5.91 Å². The van der Waals surface area contributed by atoms with Crippen LogP contribution < -0.4 is 10.6 Å². The first kappa shape index (κ1) is 16.0. The highest BCUT2D eigenvalue weighted by molar-refractivity contribution is 6.00. The molecular formula is C18H22N2O2. The van der Waals surface area contributed by atoms with Gasteiger partial charge in [-0.15, -0.1) is 0 Å². The molecule has 0 radical (unpaired) electrons. The van der Waals surface area contributed by atoms with Crippen LogP contribution in [0.2, 0.25) is 0 Å². The van der Waals surface area contributed by atoms with Crippen molar-refractivity contribution in [1.29, 1.82) is 0 Å². The van der Waals surface area contributed by atoms with E-state index in [-0.39, 0.29) is 5.91 Å². The van der Waals surface area contributed by atoms with Gasteiger partial charge in [0, 0.05) is 19.3 Å². The van der Waals surface area contributed by atoms with Gasteiger partial charge in [0.05, 0.1) is 17.9 Å². The van der Waals surface area contributed by atoms with Crippen LogP contribution in [0.4, 0.5) is 11.4 Å². The van der Waals surface area contributed by atoms with Crippen molar-refractivity contribution in [3.05, 3.63) is 59.2 Å². The standard InChI is InChI=1S/C18H22N2O2/c1-13-7-6-10-16(14(13)2)20-17-9-5-4-8-15(17)18(21)19-11-12-22-3/h4-10,20H,11-12H2,1-3H3,(H,19,21). The van der Waals surface area contributed by atoms with Gasteiger partial charge in [-0.2, -0.15) is 0 Å². The van der Waals surface area contributed by atoms with E-state index in [0.717, 1.165) is 11.4 Å². The van der Waals surface area contributed by atoms with Crippen LogP contribution in [0.5, 0.6) is 0 Å². The Labute approximate surface area is 131 Å². The predicted molar refractivity (Wildman–Crippen MR) is 89.8 cm³/mol. The smallest absolute Gasteiger partial charge is 0.253 e. The topological polar surface area (TPSA) is 50.4 Å². The summed E-state index contributed by atoms with van der Waals surface area (Å²) in [5, 5.41) is 6.21. The minimum Gasteiger partial charge on any atom is -0.383 e. The van der Waals surface area contributed by atoms with Crippen molar-refractivity contribution in [2.24, 2.45) is 0 Å². The molecule has 0 unspecified atom stereocenters. The van der Waals surface area contributed by atoms with Gasteiger partial charge in [0.2, 0.25) is 0 Å². The molecule has 0 aromatic heterocycles. The van der Waals surface area contributed by atoms with Crippen molar-refractivity contribution in [2.45, 2.75) is 13.8 Å². The van der Waals surface area contributed by atoms with Gasteiger partial charge in [-0.25, -0.2) is 0 Å². The fourth-order valence-electron chi connectivity index (χ4n) is 2.18. The molecule has 0 spiro atoms. The lowest BCUT2D eigenvalue weighted by Gasteiger charge is -2.15. The number of nitrogens with one attached hydrogen (secondary N) is 2. The minimum atomic E-state index is -0.106. The van der Waals surface area contributed by atoms with E-state index in [1.165, 1.54) is 11.1 Å². The fourth-order valence-corrected chi connectivity index (χ4v) is 2.18. The third-order valence-corrected chi connectivity index (χ3v) is 3.64. The molecule has 0 aliphatic rings. The molecule has 0 aliphatic heterocycles. The summed E-state index contributed by atoms with van der Waals surface area (Å²) in [6.45, 7) is 5.13. The number of aryl methyl sites for hydroxylation is 1. The summed E-state index contributed by atoms with van der Waals surface area (Å²) < 4.78 is 4.95. The molecule has 22 heavy (non-hydrogen) atoms. The van der Waals surface area contributed by atoms with Crippen LogP contribution in [0.15, 0.2) is 42.5 Å². The number of hydrogen-bond acceptors (Lipinski definition) is 3. The normalized spacial score (nSPS) is 10.3. The number of anilines is 2. The highest BCUT2D eigenvalue weighted by Gasteiger charge is 2.11. The van der Waals surface area contributed by atoms with Crippen molar-refractivity contribution < 1.29 is 9.53 Å². The van der Waals surface area contributed by atoms with E-state index in [9.17, 15) is 4.79 Å². The third-order valence-electron chi connectivity index (χ3n) is 3.64. The molecule has 116 valence electrons. The lowest BCUT2D eigenvalue weighted by atomic mass is 10.1. The van der Waals surface area contributed by atoms with Crippen LogP contribution >= 0.6 is 0 Å². The third kappa shape index (κ3) is 3.86. The van der Waals surface area contributed by atoms with Crippen LogP contribution in [0, 0.1) is 13.8 Å². The van der Waals surface area contributed by atoms with Crippen molar-refractivity contribution >= 4 is 17.3 Å². The van der Waals surface area contributed by atoms with E-state index in [1.54, 1.807) is 7.11 Å². The molecule has 0 atom stereocenters. The predicted octanol–water partition coefficient (Wildman–Crippen LogP) is 3.42. The number of ether oxygens (including phenoxy) is 1. The molecule has 0 bridgehead atoms. The van der Waals surface area contributed by atoms with Crippen molar-refractivity contribution in [3.8, 4) is 0 Å². The largest absolute Gasteiger partial charge is 0.383 e. The number of para-hydroxylation sites is 1. The summed E-state index contributed by atoms with van der Waals surface area (Å²) in [5.41, 5.74) is 4.83. The van der Waals surface area contributed by atoms with Gasteiger partial charge in [-0.05, 0) is 43.2 Å². The zero-order valence-corrected chi connectivity index (χ0v) is 13.3. The Morgan fingerprint density at radius 2 is 1.77 bits per heavy atom. The molecule has 0 aliphatic carbocycles. The number of amides is 1. The highest BCUT2D eigenvalue weighted by Crippen LogP contribution is 2.25. The van der Waals surface area contributed by atoms with Crippen molar-refractivity contribution in [3.63, 3.8) is 0 Å². The number of carbonyl (C=O) groups excluding carboxylic acids is 1. The van der Waals surface area contributed by atoms with Crippen LogP contribution in [-0.2, 0) is 4.74 Å². The van der Waals surface area contributed by atoms with Gasteiger partial charge < -0.3 is 15.4 Å². The molecule has 0 saturated heterocycles. The summed E-state index contributed by atoms with van der Waals surface area (Å²) in [6.07, 6.45) is 0. The Hall–Kier alpha value is -2.33. The van der Waals surface area contributed by atoms with E-state index >= 15 is 0 Å². The monoisotopic (exact) mass is 298 g/mol. The van der Waals surface area contributed by atoms with Gasteiger partial charge >= 0.3 is 0 Å². The zero-order valence-electron chi connectivity index (χ0n) is 13.3. The van der Waals surface area contributed by atoms with Crippen molar-refractivity contribution in [1.82, 2.24) is 5.32 Å². The van der Waals surface area contributed by atoms with Crippen LogP contribution in [0.25, 0.3) is 0 Å². The number of methoxy groups -OCH3 is 1. The molecule has 2 aromatic rings. The van der Waals surface area contributed by atoms with Crippen molar-refractivity contribution in [2.75, 3.05) is 25.6 Å². The Morgan fingerprint density at radius 1 is 1.05 bits per heavy atom. The van der Waals surface area contributed by atoms with Gasteiger partial charge in [-0.1, -0.05) is 24.3 Å². The maximum Gasteiger partial charge on any atom is 0.253 e. The van der Waals surface area contributed by atoms with Crippen LogP contribution in [-0.4, -0.2) is 26.2 Å². The zero-order chi connectivity index (χ0) is 15.9. The summed E-state index contributed by atoms with van der Waals surface area (Å²) >= 11 is 0. The number of hydrogen-bond donors (Lipinski definition) is 2. The molecule has 0 heterocycles. The fraction of sp³-hybridized carbons (Fsp3) is 0.278. The Balaban J connectivity index is 2.21. The molecule has 4 nitrogen and oxygen atoms in total. The average Bonchev–Trinajstić information content (AvgIpc) is 2.52. The second kappa shape index (κ2) is 7.61. The highest BCUT2D eigenvalue weighted by atomic mass is 16.5. The maximum absolute atomic E-state index is 12.3. The number of carbonyl (C=O) groups is 1. The first-order valence-corrected chi connectivity index (χ1v) is 7.33. The molecule has 2 N–H and O–H groups in total. The molecule has 1 amide bonds. The summed E-state index contributed by atoms with van der Waals surface area (Å²) in [7, 11) is 1.61. The first-order chi connectivity index (χ1) is 10.6. The number of rotatable bonds is 6. The van der Waals surface area contributed by atoms with Gasteiger partial charge in [-0.3, -0.25) is 4.79 Å². The molecular weight excluding hydrogens is 276 g/mol. The Kier molecular flexibility index (Phi) is 5.55. The second-order valence-electron chi connectivity index (χ2n) is 5.17. The Morgan fingerprint density at radius 3 is 2.55 bits per heavy atom. The minimum absolute atomic E-state index is 0.106. The molecule has 2 rings (SSSR count). The van der Waals surface area contributed by atoms with E-state index < -0.39 is 0 Å². The van der Waals surface area contributed by atoms with E-state index in [4.69, 9.17) is 4.74 Å². The summed E-state index contributed by atoms with van der Waals surface area (Å²) in [5.74, 6) is -0.106. The maximum atomic E-state index is 12.3. The quantitative estimate of drug-likeness (QED) is 0.803. The van der Waals surface area contributed by atoms with Gasteiger partial charge in [0.15, 0.2) is 0 Å². The Bertz CT molecular complexity index is 653. The summed E-state index contributed by atoms with van der Waals surface area (Å²) in [6, 6.07) is 13.6. The first-order valence-electron chi connectivity index (χ1n) is 7.33. The van der Waals surface area contributed by atoms with Crippen LogP contribution in [0.3, 0.4) is 0 Å². The van der Waals surface area contributed by atoms with E-state index in [0.29, 0.717) is 18.7 Å². The second-order valence-corrected chi connectivity index (χ2v) is 5.17. The molecule has 0 saturated carbocycles.